The Balaban J connectivity index is 1.38. The van der Waals surface area contributed by atoms with Crippen LogP contribution in [0.25, 0.3) is 0 Å². The van der Waals surface area contributed by atoms with Crippen LogP contribution < -0.4 is 14.8 Å². The number of nitrogens with zero attached hydrogens (tertiary/aromatic N) is 3. The molecule has 3 aliphatic rings. The molecule has 0 spiro atoms. The van der Waals surface area contributed by atoms with Crippen LogP contribution in [0.5, 0.6) is 11.5 Å². The van der Waals surface area contributed by atoms with E-state index in [4.69, 9.17) is 28.9 Å². The van der Waals surface area contributed by atoms with Crippen molar-refractivity contribution in [2.24, 2.45) is 22.9 Å². The van der Waals surface area contributed by atoms with Crippen LogP contribution in [-0.2, 0) is 27.5 Å². The molecular weight excluding hydrogens is 905 g/mol. The third-order valence-electron chi connectivity index (χ3n) is 14.2. The second-order valence-corrected chi connectivity index (χ2v) is 19.1. The number of oxime groups is 1. The number of ether oxygens (including phenoxy) is 4. The van der Waals surface area contributed by atoms with Gasteiger partial charge in [-0.1, -0.05) is 125 Å². The van der Waals surface area contributed by atoms with Gasteiger partial charge in [-0.2, -0.15) is 0 Å². The summed E-state index contributed by atoms with van der Waals surface area (Å²) in [5, 5.41) is 39.0. The van der Waals surface area contributed by atoms with Gasteiger partial charge in [0.15, 0.2) is 0 Å². The number of amides is 2. The van der Waals surface area contributed by atoms with Crippen molar-refractivity contribution < 1.29 is 48.5 Å². The van der Waals surface area contributed by atoms with Crippen molar-refractivity contribution in [2.75, 3.05) is 33.5 Å². The van der Waals surface area contributed by atoms with Crippen molar-refractivity contribution in [3.63, 3.8) is 0 Å². The fourth-order valence-corrected chi connectivity index (χ4v) is 10.6. The Bertz CT molecular complexity index is 2220. The summed E-state index contributed by atoms with van der Waals surface area (Å²) in [6.07, 6.45) is 18.6. The summed E-state index contributed by atoms with van der Waals surface area (Å²) in [7, 11) is 1.70. The molecule has 15 heteroatoms. The molecule has 0 aromatic heterocycles. The molecule has 2 amide bonds. The number of likely N-dealkylation sites (N-methyl/N-ethyl adjacent to an activating group) is 1. The molecule has 1 fully saturated rings. The first-order valence-corrected chi connectivity index (χ1v) is 26.0. The summed E-state index contributed by atoms with van der Waals surface area (Å²) in [6, 6.07) is 20.2. The van der Waals surface area contributed by atoms with Crippen molar-refractivity contribution >= 4 is 23.6 Å². The van der Waals surface area contributed by atoms with Crippen LogP contribution in [0.2, 0.25) is 0 Å². The normalized spacial score (nSPS) is 21.5. The first-order valence-electron chi connectivity index (χ1n) is 26.0. The molecule has 0 saturated heterocycles. The second kappa shape index (κ2) is 28.3. The molecular formula is C56H76N4O11. The van der Waals surface area contributed by atoms with Crippen molar-refractivity contribution in [2.45, 2.75) is 147 Å². The third-order valence-corrected chi connectivity index (χ3v) is 14.2. The number of benzene rings is 3. The highest BCUT2D eigenvalue weighted by molar-refractivity contribution is 6.03. The SMILES string of the molecule is C=CCOC12Oc3ccc(OC(=O)NCc4ccccc4)cc3C3C(CCCCO)C(CCCCO)C=C(C(=NOCc4ccc([N+](=O)[O-])cc4)CC1N(C)C(=O)OCCCCCCCCCCCC)C32. The van der Waals surface area contributed by atoms with Crippen LogP contribution in [0, 0.1) is 27.9 Å². The fourth-order valence-electron chi connectivity index (χ4n) is 10.6. The lowest BCUT2D eigenvalue weighted by molar-refractivity contribution is -0.384. The lowest BCUT2D eigenvalue weighted by Gasteiger charge is -2.59. The molecule has 0 radical (unpaired) electrons. The Morgan fingerprint density at radius 2 is 1.59 bits per heavy atom. The number of aliphatic hydroxyl groups excluding tert-OH is 2. The number of carbonyl (C=O) groups is 2. The summed E-state index contributed by atoms with van der Waals surface area (Å²) in [4.78, 5) is 46.3. The number of carbonyl (C=O) groups excluding carboxylic acids is 2. The van der Waals surface area contributed by atoms with E-state index in [1.807, 2.05) is 36.4 Å². The number of allylic oxidation sites excluding steroid dienone is 1. The van der Waals surface area contributed by atoms with Gasteiger partial charge in [0, 0.05) is 56.8 Å². The van der Waals surface area contributed by atoms with Gasteiger partial charge < -0.3 is 44.2 Å². The Hall–Kier alpha value is -5.77. The van der Waals surface area contributed by atoms with Crippen LogP contribution in [-0.4, -0.2) is 83.2 Å². The van der Waals surface area contributed by atoms with Gasteiger partial charge in [0.25, 0.3) is 5.69 Å². The van der Waals surface area contributed by atoms with Crippen LogP contribution in [0.4, 0.5) is 15.3 Å². The number of nitro benzene ring substituents is 1. The van der Waals surface area contributed by atoms with Gasteiger partial charge in [0.1, 0.15) is 24.1 Å². The van der Waals surface area contributed by atoms with E-state index in [2.05, 4.69) is 24.9 Å². The van der Waals surface area contributed by atoms with Gasteiger partial charge in [0.05, 0.1) is 29.8 Å². The molecule has 3 aromatic carbocycles. The van der Waals surface area contributed by atoms with Crippen molar-refractivity contribution in [3.05, 3.63) is 124 Å². The number of non-ortho nitro benzene ring substituents is 1. The number of aliphatic hydroxyl groups is 2. The molecule has 2 aliphatic carbocycles. The van der Waals surface area contributed by atoms with Crippen molar-refractivity contribution in [3.8, 4) is 11.5 Å². The lowest BCUT2D eigenvalue weighted by Crippen LogP contribution is -2.69. The van der Waals surface area contributed by atoms with E-state index in [1.54, 1.807) is 42.3 Å². The van der Waals surface area contributed by atoms with Crippen LogP contribution in [0.15, 0.2) is 102 Å². The number of fused-ring (bicyclic) bond motifs is 2. The highest BCUT2D eigenvalue weighted by atomic mass is 16.7. The maximum absolute atomic E-state index is 14.3. The Labute approximate surface area is 419 Å². The molecule has 71 heavy (non-hydrogen) atoms. The zero-order valence-corrected chi connectivity index (χ0v) is 41.9. The van der Waals surface area contributed by atoms with E-state index in [9.17, 15) is 29.9 Å². The maximum atomic E-state index is 14.3. The predicted octanol–water partition coefficient (Wildman–Crippen LogP) is 11.7. The molecule has 1 aliphatic heterocycles. The average Bonchev–Trinajstić information content (AvgIpc) is 3.38. The summed E-state index contributed by atoms with van der Waals surface area (Å²) in [5.74, 6) is -1.69. The first-order chi connectivity index (χ1) is 34.6. The maximum Gasteiger partial charge on any atom is 0.412 e. The average molecular weight is 981 g/mol. The predicted molar refractivity (Wildman–Crippen MR) is 273 cm³/mol. The molecule has 6 unspecified atom stereocenters. The van der Waals surface area contributed by atoms with Crippen LogP contribution in [0.1, 0.15) is 139 Å². The standard InChI is InChI=1S/C56H76N4O11/c1-4-6-7-8-9-10-11-12-13-21-35-67-55(64)59(3)51-38-49(58-69-40-42-26-28-44(29-27-42)60(65)66)47-36-43(24-17-19-32-61)46(25-18-20-33-62)52-48-37-45(70-54(63)57-39-41-22-15-14-16-23-41)30-31-50(48)71-56(51,53(47)52)68-34-5-2/h5,14-16,22-23,26-31,36-37,43,46,51-53,61-62H,2,4,6-13,17-21,24-25,32-35,38-40H2,1,3H3,(H,57,63). The third kappa shape index (κ3) is 14.9. The summed E-state index contributed by atoms with van der Waals surface area (Å²) >= 11 is 0. The van der Waals surface area contributed by atoms with Crippen molar-refractivity contribution in [1.82, 2.24) is 10.2 Å². The molecule has 3 N–H and O–H groups in total. The molecule has 6 rings (SSSR count). The van der Waals surface area contributed by atoms with E-state index in [1.165, 1.54) is 50.7 Å². The Kier molecular flexibility index (Phi) is 21.8. The van der Waals surface area contributed by atoms with Gasteiger partial charge >= 0.3 is 12.2 Å². The number of hydrogen-bond donors (Lipinski definition) is 3. The Morgan fingerprint density at radius 3 is 2.27 bits per heavy atom. The largest absolute Gasteiger partial charge is 0.459 e. The number of nitro groups is 1. The molecule has 3 aromatic rings. The minimum Gasteiger partial charge on any atom is -0.459 e. The summed E-state index contributed by atoms with van der Waals surface area (Å²) in [5.41, 5.74) is 3.78. The van der Waals surface area contributed by atoms with E-state index in [0.29, 0.717) is 35.6 Å². The van der Waals surface area contributed by atoms with Gasteiger partial charge in [0.2, 0.25) is 5.79 Å². The number of hydrogen-bond acceptors (Lipinski definition) is 12. The minimum absolute atomic E-state index is 0.0263. The van der Waals surface area contributed by atoms with Crippen LogP contribution >= 0.6 is 0 Å². The summed E-state index contributed by atoms with van der Waals surface area (Å²) < 4.78 is 26.2. The molecule has 1 saturated carbocycles. The minimum atomic E-state index is -1.50. The highest BCUT2D eigenvalue weighted by Crippen LogP contribution is 2.62. The number of unbranched alkanes of at least 4 members (excludes halogenated alkanes) is 11. The van der Waals surface area contributed by atoms with Crippen molar-refractivity contribution in [1.29, 1.82) is 0 Å². The monoisotopic (exact) mass is 981 g/mol. The van der Waals surface area contributed by atoms with E-state index in [0.717, 1.165) is 68.1 Å². The van der Waals surface area contributed by atoms with Gasteiger partial charge in [-0.3, -0.25) is 10.1 Å². The first kappa shape index (κ1) is 54.6. The highest BCUT2D eigenvalue weighted by Gasteiger charge is 2.65. The topological polar surface area (TPSA) is 192 Å². The number of nitrogens with one attached hydrogen (secondary N) is 1. The van der Waals surface area contributed by atoms with E-state index in [-0.39, 0.29) is 69.4 Å². The quantitative estimate of drug-likeness (QED) is 0.0249. The smallest absolute Gasteiger partial charge is 0.412 e. The summed E-state index contributed by atoms with van der Waals surface area (Å²) in [6.45, 7) is 6.98. The number of rotatable bonds is 30. The zero-order valence-electron chi connectivity index (χ0n) is 41.9. The van der Waals surface area contributed by atoms with Gasteiger partial charge in [-0.05, 0) is 91.0 Å². The zero-order chi connectivity index (χ0) is 50.4. The second-order valence-electron chi connectivity index (χ2n) is 19.1. The molecule has 1 heterocycles. The van der Waals surface area contributed by atoms with Gasteiger partial charge in [-0.15, -0.1) is 6.58 Å². The van der Waals surface area contributed by atoms with Gasteiger partial charge in [-0.25, -0.2) is 9.59 Å². The lowest BCUT2D eigenvalue weighted by atomic mass is 9.55. The fraction of sp³-hybridized carbons (Fsp3) is 0.554. The molecule has 0 bridgehead atoms. The molecule has 15 nitrogen and oxygen atoms in total. The Morgan fingerprint density at radius 1 is 0.901 bits per heavy atom. The molecule has 6 atom stereocenters. The molecule has 386 valence electrons. The van der Waals surface area contributed by atoms with Crippen LogP contribution in [0.3, 0.4) is 0 Å². The van der Waals surface area contributed by atoms with E-state index >= 15 is 0 Å². The van der Waals surface area contributed by atoms with E-state index < -0.39 is 34.9 Å².